The standard InChI is InChI=1S/C14H21N3O/c1-10-16-12-6-4-3-5-11(12)13(17-10)15-7-14(2)8-18-9-14/h3-9H2,1-2H3,(H,15,16,17). The first kappa shape index (κ1) is 11.9. The molecule has 0 aromatic carbocycles. The van der Waals surface area contributed by atoms with E-state index in [1.807, 2.05) is 6.92 Å². The number of nitrogens with zero attached hydrogens (tertiary/aromatic N) is 2. The van der Waals surface area contributed by atoms with Gasteiger partial charge in [0.1, 0.15) is 11.6 Å². The number of ether oxygens (including phenoxy) is 1. The van der Waals surface area contributed by atoms with Gasteiger partial charge >= 0.3 is 0 Å². The lowest BCUT2D eigenvalue weighted by molar-refractivity contribution is -0.0924. The van der Waals surface area contributed by atoms with Crippen LogP contribution in [0.5, 0.6) is 0 Å². The van der Waals surface area contributed by atoms with Gasteiger partial charge in [-0.05, 0) is 32.6 Å². The molecule has 0 amide bonds. The van der Waals surface area contributed by atoms with Crippen LogP contribution in [0.2, 0.25) is 0 Å². The van der Waals surface area contributed by atoms with Crippen LogP contribution in [-0.4, -0.2) is 29.7 Å². The van der Waals surface area contributed by atoms with E-state index in [1.165, 1.54) is 24.1 Å². The number of hydrogen-bond donors (Lipinski definition) is 1. The number of aromatic nitrogens is 2. The van der Waals surface area contributed by atoms with Gasteiger partial charge in [-0.3, -0.25) is 0 Å². The van der Waals surface area contributed by atoms with Crippen LogP contribution in [0, 0.1) is 12.3 Å². The summed E-state index contributed by atoms with van der Waals surface area (Å²) in [4.78, 5) is 9.16. The lowest BCUT2D eigenvalue weighted by Gasteiger charge is -2.38. The predicted molar refractivity (Wildman–Crippen MR) is 70.8 cm³/mol. The molecule has 1 aromatic rings. The zero-order valence-electron chi connectivity index (χ0n) is 11.3. The second kappa shape index (κ2) is 4.50. The molecule has 0 atom stereocenters. The van der Waals surface area contributed by atoms with E-state index in [1.54, 1.807) is 0 Å². The highest BCUT2D eigenvalue weighted by Crippen LogP contribution is 2.29. The number of fused-ring (bicyclic) bond motifs is 1. The van der Waals surface area contributed by atoms with E-state index in [4.69, 9.17) is 4.74 Å². The maximum absolute atomic E-state index is 5.29. The number of rotatable bonds is 3. The Balaban J connectivity index is 1.79. The van der Waals surface area contributed by atoms with Gasteiger partial charge in [-0.15, -0.1) is 0 Å². The number of nitrogens with one attached hydrogen (secondary N) is 1. The van der Waals surface area contributed by atoms with Crippen LogP contribution in [0.25, 0.3) is 0 Å². The maximum Gasteiger partial charge on any atom is 0.133 e. The van der Waals surface area contributed by atoms with Gasteiger partial charge < -0.3 is 10.1 Å². The molecular weight excluding hydrogens is 226 g/mol. The van der Waals surface area contributed by atoms with Crippen molar-refractivity contribution in [2.24, 2.45) is 5.41 Å². The molecule has 0 radical (unpaired) electrons. The topological polar surface area (TPSA) is 47.0 Å². The molecule has 1 aliphatic heterocycles. The van der Waals surface area contributed by atoms with E-state index in [0.717, 1.165) is 44.2 Å². The minimum atomic E-state index is 0.278. The summed E-state index contributed by atoms with van der Waals surface area (Å²) in [7, 11) is 0. The summed E-state index contributed by atoms with van der Waals surface area (Å²) in [6.07, 6.45) is 4.74. The Labute approximate surface area is 108 Å². The van der Waals surface area contributed by atoms with Crippen LogP contribution < -0.4 is 5.32 Å². The summed E-state index contributed by atoms with van der Waals surface area (Å²) in [5.74, 6) is 1.94. The fraction of sp³-hybridized carbons (Fsp3) is 0.714. The third-order valence-electron chi connectivity index (χ3n) is 3.88. The average Bonchev–Trinajstić information content (AvgIpc) is 2.33. The molecule has 1 saturated heterocycles. The molecule has 18 heavy (non-hydrogen) atoms. The SMILES string of the molecule is Cc1nc2c(c(NCC3(C)COC3)n1)CCCC2. The van der Waals surface area contributed by atoms with Crippen LogP contribution in [0.4, 0.5) is 5.82 Å². The van der Waals surface area contributed by atoms with E-state index in [0.29, 0.717) is 0 Å². The molecule has 1 aliphatic carbocycles. The van der Waals surface area contributed by atoms with Gasteiger partial charge in [-0.25, -0.2) is 9.97 Å². The molecule has 1 fully saturated rings. The third-order valence-corrected chi connectivity index (χ3v) is 3.88. The first-order valence-electron chi connectivity index (χ1n) is 6.84. The second-order valence-electron chi connectivity index (χ2n) is 5.91. The van der Waals surface area contributed by atoms with Crippen molar-refractivity contribution in [3.05, 3.63) is 17.1 Å². The second-order valence-corrected chi connectivity index (χ2v) is 5.91. The minimum absolute atomic E-state index is 0.278. The average molecular weight is 247 g/mol. The third kappa shape index (κ3) is 2.21. The van der Waals surface area contributed by atoms with Crippen LogP contribution in [0.1, 0.15) is 36.8 Å². The van der Waals surface area contributed by atoms with Crippen LogP contribution >= 0.6 is 0 Å². The highest BCUT2D eigenvalue weighted by Gasteiger charge is 2.33. The van der Waals surface area contributed by atoms with Gasteiger partial charge in [0.15, 0.2) is 0 Å². The summed E-state index contributed by atoms with van der Waals surface area (Å²) < 4.78 is 5.29. The normalized spacial score (nSPS) is 21.0. The van der Waals surface area contributed by atoms with Crippen LogP contribution in [0.15, 0.2) is 0 Å². The molecule has 98 valence electrons. The monoisotopic (exact) mass is 247 g/mol. The van der Waals surface area contributed by atoms with Gasteiger partial charge in [-0.2, -0.15) is 0 Å². The smallest absolute Gasteiger partial charge is 0.133 e. The fourth-order valence-electron chi connectivity index (χ4n) is 2.71. The molecule has 2 heterocycles. The van der Waals surface area contributed by atoms with E-state index in [9.17, 15) is 0 Å². The zero-order valence-corrected chi connectivity index (χ0v) is 11.3. The van der Waals surface area contributed by atoms with Crippen molar-refractivity contribution in [1.82, 2.24) is 9.97 Å². The number of anilines is 1. The number of hydrogen-bond acceptors (Lipinski definition) is 4. The van der Waals surface area contributed by atoms with Crippen molar-refractivity contribution in [1.29, 1.82) is 0 Å². The molecule has 2 aliphatic rings. The lowest BCUT2D eigenvalue weighted by atomic mass is 9.88. The number of aryl methyl sites for hydroxylation is 2. The minimum Gasteiger partial charge on any atom is -0.380 e. The molecule has 0 saturated carbocycles. The molecule has 0 spiro atoms. The van der Waals surface area contributed by atoms with E-state index < -0.39 is 0 Å². The van der Waals surface area contributed by atoms with Crippen molar-refractivity contribution in [2.45, 2.75) is 39.5 Å². The fourth-order valence-corrected chi connectivity index (χ4v) is 2.71. The van der Waals surface area contributed by atoms with Gasteiger partial charge in [0.2, 0.25) is 0 Å². The molecule has 3 rings (SSSR count). The van der Waals surface area contributed by atoms with Crippen LogP contribution in [-0.2, 0) is 17.6 Å². The maximum atomic E-state index is 5.29. The lowest BCUT2D eigenvalue weighted by Crippen LogP contribution is -2.45. The largest absolute Gasteiger partial charge is 0.380 e. The molecule has 1 N–H and O–H groups in total. The molecule has 0 bridgehead atoms. The van der Waals surface area contributed by atoms with Crippen molar-refractivity contribution < 1.29 is 4.74 Å². The zero-order chi connectivity index (χ0) is 12.6. The van der Waals surface area contributed by atoms with Crippen molar-refractivity contribution in [3.63, 3.8) is 0 Å². The Morgan fingerprint density at radius 3 is 2.72 bits per heavy atom. The van der Waals surface area contributed by atoms with Crippen molar-refractivity contribution >= 4 is 5.82 Å². The van der Waals surface area contributed by atoms with Gasteiger partial charge in [0, 0.05) is 23.2 Å². The van der Waals surface area contributed by atoms with Crippen molar-refractivity contribution in [3.8, 4) is 0 Å². The van der Waals surface area contributed by atoms with E-state index in [2.05, 4.69) is 22.2 Å². The highest BCUT2D eigenvalue weighted by molar-refractivity contribution is 5.48. The Morgan fingerprint density at radius 2 is 2.00 bits per heavy atom. The molecule has 1 aromatic heterocycles. The predicted octanol–water partition coefficient (Wildman–Crippen LogP) is 2.11. The molecular formula is C14H21N3O. The summed E-state index contributed by atoms with van der Waals surface area (Å²) in [5.41, 5.74) is 2.88. The summed E-state index contributed by atoms with van der Waals surface area (Å²) in [6.45, 7) is 6.88. The Bertz CT molecular complexity index is 455. The quantitative estimate of drug-likeness (QED) is 0.888. The molecule has 4 heteroatoms. The van der Waals surface area contributed by atoms with Gasteiger partial charge in [0.05, 0.1) is 13.2 Å². The Kier molecular flexibility index (Phi) is 2.98. The van der Waals surface area contributed by atoms with Gasteiger partial charge in [-0.1, -0.05) is 6.92 Å². The highest BCUT2D eigenvalue weighted by atomic mass is 16.5. The van der Waals surface area contributed by atoms with Gasteiger partial charge in [0.25, 0.3) is 0 Å². The van der Waals surface area contributed by atoms with Crippen molar-refractivity contribution in [2.75, 3.05) is 25.1 Å². The molecule has 4 nitrogen and oxygen atoms in total. The van der Waals surface area contributed by atoms with E-state index in [-0.39, 0.29) is 5.41 Å². The first-order valence-corrected chi connectivity index (χ1v) is 6.84. The summed E-state index contributed by atoms with van der Waals surface area (Å²) in [6, 6.07) is 0. The summed E-state index contributed by atoms with van der Waals surface area (Å²) in [5, 5.41) is 3.52. The summed E-state index contributed by atoms with van der Waals surface area (Å²) >= 11 is 0. The molecule has 0 unspecified atom stereocenters. The Morgan fingerprint density at radius 1 is 1.22 bits per heavy atom. The van der Waals surface area contributed by atoms with E-state index >= 15 is 0 Å². The first-order chi connectivity index (χ1) is 8.66. The van der Waals surface area contributed by atoms with Crippen LogP contribution in [0.3, 0.4) is 0 Å². The Hall–Kier alpha value is -1.16.